The molecule has 40 heteroatoms. The number of para-hydroxylation sites is 2. The molecule has 15 rings (SSSR count). The fourth-order valence-corrected chi connectivity index (χ4v) is 18.8. The lowest BCUT2D eigenvalue weighted by Gasteiger charge is -2.17. The van der Waals surface area contributed by atoms with E-state index in [0.717, 1.165) is 71.6 Å². The molecule has 5 aliphatic heterocycles. The van der Waals surface area contributed by atoms with E-state index in [1.807, 2.05) is 103 Å². The van der Waals surface area contributed by atoms with Gasteiger partial charge in [0.25, 0.3) is 29.5 Å². The van der Waals surface area contributed by atoms with Crippen LogP contribution in [0.4, 0.5) is 34.1 Å². The minimum atomic E-state index is -3.96. The number of nitrogens with one attached hydrogen (secondary N) is 5. The van der Waals surface area contributed by atoms with Crippen molar-refractivity contribution in [2.75, 3.05) is 67.1 Å². The molecule has 5 heterocycles. The maximum atomic E-state index is 11.9. The zero-order valence-corrected chi connectivity index (χ0v) is 67.3. The molecule has 0 unspecified atom stereocenters. The van der Waals surface area contributed by atoms with Crippen LogP contribution in [0.2, 0.25) is 0 Å². The van der Waals surface area contributed by atoms with Gasteiger partial charge in [0.05, 0.1) is 35.0 Å². The van der Waals surface area contributed by atoms with Crippen LogP contribution < -0.4 is 56.6 Å². The highest BCUT2D eigenvalue weighted by atomic mass is 32.2. The molecule has 0 saturated carbocycles. The van der Waals surface area contributed by atoms with Crippen molar-refractivity contribution in [1.29, 1.82) is 0 Å². The number of ether oxygens (including phenoxy) is 1. The number of carbonyl (C=O) groups excluding carboxylic acids is 5. The summed E-state index contributed by atoms with van der Waals surface area (Å²) >= 11 is 0. The Labute approximate surface area is 684 Å². The standard InChI is InChI=1S/C17H18N2O5S.C16H17N3O4S.C16H16N2O5S.C15H15N3O4S.C15H14N2O5S/c1-24-11-14-5-3-2-4-13(14)8-12-6-7-15(16(20)9-12)19-10-17(21)18-25(19,22)23;17-9-13-4-2-1-3-12(13)7-11-5-6-14(15(20)8-11)19-10-16(21)18-24(19,22)23;1-10-2-5-14(19)12(6-10)7-11-3-4-13(15(20)8-11)18-9-16(21)17-24(18,22)23;16-12-4-2-1-3-11(12)7-10-5-6-13(14(19)8-10)18-9-15(20)17-23(18,21)22;18-13-4-2-1-3-11(13)7-10-5-6-12(14(19)8-10)17-9-15(20)16-23(17,21)22/h2-7,9,20H,8,10-11H2,1H3,(H,18,21);1-6,8,20H,7,9-10,17H2,(H,18,21);2-6,8,19-20H,7,9H2,1H3,(H,17,21);1-6,8,19H,7,9,16H2,(H,17,20);1-6,8,18-19H,7,9H2,(H,16,20). The van der Waals surface area contributed by atoms with Crippen molar-refractivity contribution in [3.63, 3.8) is 0 Å². The quantitative estimate of drug-likeness (QED) is 0.0516. The van der Waals surface area contributed by atoms with Crippen LogP contribution in [-0.2, 0) is 125 Å². The summed E-state index contributed by atoms with van der Waals surface area (Å²) in [4.78, 5) is 56.5. The Balaban J connectivity index is 0.000000146. The summed E-state index contributed by atoms with van der Waals surface area (Å²) in [6.07, 6.45) is 2.39. The van der Waals surface area contributed by atoms with Crippen LogP contribution in [0.1, 0.15) is 72.3 Å². The van der Waals surface area contributed by atoms with E-state index >= 15 is 0 Å². The minimum Gasteiger partial charge on any atom is -0.508 e. The van der Waals surface area contributed by atoms with Gasteiger partial charge in [0.2, 0.25) is 0 Å². The van der Waals surface area contributed by atoms with E-state index in [1.165, 1.54) is 60.7 Å². The van der Waals surface area contributed by atoms with Gasteiger partial charge in [-0.1, -0.05) is 133 Å². The number of hydrogen-bond acceptors (Lipinski definition) is 25. The van der Waals surface area contributed by atoms with Crippen LogP contribution >= 0.6 is 0 Å². The van der Waals surface area contributed by atoms with Gasteiger partial charge in [0.1, 0.15) is 73.0 Å². The number of phenols is 7. The number of nitrogens with two attached hydrogens (primary N) is 2. The fraction of sp³-hybridized carbons (Fsp3) is 0.177. The van der Waals surface area contributed by atoms with Gasteiger partial charge < -0.3 is 51.9 Å². The highest BCUT2D eigenvalue weighted by Crippen LogP contribution is 2.39. The Bertz CT molecular complexity index is 6080. The van der Waals surface area contributed by atoms with Gasteiger partial charge in [-0.25, -0.2) is 45.1 Å². The summed E-state index contributed by atoms with van der Waals surface area (Å²) in [5, 5.41) is 70.5. The molecule has 0 radical (unpaired) electrons. The smallest absolute Gasteiger partial charge is 0.326 e. The van der Waals surface area contributed by atoms with Crippen molar-refractivity contribution in [3.8, 4) is 40.2 Å². The van der Waals surface area contributed by atoms with Crippen molar-refractivity contribution in [1.82, 2.24) is 23.6 Å². The van der Waals surface area contributed by atoms with Crippen LogP contribution in [0.15, 0.2) is 206 Å². The van der Waals surface area contributed by atoms with E-state index in [2.05, 4.69) is 0 Å². The van der Waals surface area contributed by atoms with E-state index < -0.39 is 80.6 Å². The van der Waals surface area contributed by atoms with Gasteiger partial charge in [-0.15, -0.1) is 0 Å². The Hall–Kier alpha value is -13.4. The lowest BCUT2D eigenvalue weighted by Crippen LogP contribution is -2.29. The first-order chi connectivity index (χ1) is 56.3. The second-order valence-electron chi connectivity index (χ2n) is 27.3. The fourth-order valence-electron chi connectivity index (χ4n) is 13.0. The number of rotatable bonds is 18. The van der Waals surface area contributed by atoms with Gasteiger partial charge in [-0.2, -0.15) is 42.1 Å². The van der Waals surface area contributed by atoms with Gasteiger partial charge in [-0.05, 0) is 172 Å². The second-order valence-corrected chi connectivity index (χ2v) is 35.3. The number of aryl methyl sites for hydroxylation is 1. The van der Waals surface area contributed by atoms with Gasteiger partial charge in [0, 0.05) is 32.2 Å². The zero-order chi connectivity index (χ0) is 86.1. The molecule has 10 aromatic carbocycles. The number of aromatic hydroxyl groups is 7. The largest absolute Gasteiger partial charge is 0.508 e. The first kappa shape index (κ1) is 86.5. The third kappa shape index (κ3) is 21.1. The lowest BCUT2D eigenvalue weighted by molar-refractivity contribution is -0.118. The third-order valence-electron chi connectivity index (χ3n) is 18.7. The highest BCUT2D eigenvalue weighted by Gasteiger charge is 2.40. The average Bonchev–Trinajstić information content (AvgIpc) is 1.68. The molecule has 0 bridgehead atoms. The number of carbonyl (C=O) groups is 5. The molecular weight excluding hydrogens is 1650 g/mol. The molecule has 0 spiro atoms. The summed E-state index contributed by atoms with van der Waals surface area (Å²) < 4.78 is 137. The van der Waals surface area contributed by atoms with Crippen LogP contribution in [0.25, 0.3) is 0 Å². The topological polar surface area (TPSA) is 535 Å². The lowest BCUT2D eigenvalue weighted by atomic mass is 9.99. The van der Waals surface area contributed by atoms with E-state index in [4.69, 9.17) is 16.2 Å². The molecule has 624 valence electrons. The Morgan fingerprint density at radius 1 is 0.311 bits per heavy atom. The molecule has 5 amide bonds. The maximum absolute atomic E-state index is 11.9. The SMILES string of the molecule is COCc1ccccc1Cc1ccc(N2CC(=O)NS2(=O)=O)c(O)c1.Cc1ccc(O)c(Cc2ccc(N3CC(=O)NS3(=O)=O)c(O)c2)c1.NCc1ccccc1Cc1ccc(N2CC(=O)NS2(=O)=O)c(O)c1.Nc1ccccc1Cc1ccc(N2CC(=O)NS2(=O)=O)c(O)c1.O=C1CN(c2ccc(Cc3ccccc3O)cc2O)S(=O)(=O)N1. The maximum Gasteiger partial charge on any atom is 0.326 e. The van der Waals surface area contributed by atoms with Gasteiger partial charge >= 0.3 is 51.0 Å². The second kappa shape index (κ2) is 36.0. The summed E-state index contributed by atoms with van der Waals surface area (Å²) in [6.45, 7) is 1.05. The molecular formula is C79H80N12O23S5. The zero-order valence-electron chi connectivity index (χ0n) is 63.2. The molecule has 5 saturated heterocycles. The molecule has 0 aromatic heterocycles. The van der Waals surface area contributed by atoms with E-state index in [1.54, 1.807) is 79.9 Å². The minimum absolute atomic E-state index is 0.0318. The van der Waals surface area contributed by atoms with Crippen LogP contribution in [0.5, 0.6) is 40.2 Å². The van der Waals surface area contributed by atoms with Crippen LogP contribution in [0.3, 0.4) is 0 Å². The molecule has 119 heavy (non-hydrogen) atoms. The van der Waals surface area contributed by atoms with E-state index in [-0.39, 0.29) is 101 Å². The van der Waals surface area contributed by atoms with Crippen molar-refractivity contribution >= 4 is 115 Å². The number of amides is 5. The molecule has 16 N–H and O–H groups in total. The number of methoxy groups -OCH3 is 1. The van der Waals surface area contributed by atoms with Crippen molar-refractivity contribution in [2.45, 2.75) is 52.2 Å². The normalized spacial score (nSPS) is 16.2. The Kier molecular flexibility index (Phi) is 26.2. The molecule has 35 nitrogen and oxygen atoms in total. The number of nitrogen functional groups attached to an aromatic ring is 1. The first-order valence-electron chi connectivity index (χ1n) is 35.8. The number of hydrogen-bond donors (Lipinski definition) is 14. The molecule has 5 fully saturated rings. The summed E-state index contributed by atoms with van der Waals surface area (Å²) in [5.74, 6) is -3.99. The number of benzene rings is 10. The molecule has 10 aromatic rings. The summed E-state index contributed by atoms with van der Waals surface area (Å²) in [7, 11) is -18.1. The van der Waals surface area contributed by atoms with Crippen LogP contribution in [0, 0.1) is 6.92 Å². The molecule has 0 aliphatic carbocycles. The third-order valence-corrected chi connectivity index (χ3v) is 25.6. The molecule has 0 atom stereocenters. The summed E-state index contributed by atoms with van der Waals surface area (Å²) in [6, 6.07) is 58.1. The van der Waals surface area contributed by atoms with Gasteiger partial charge in [-0.3, -0.25) is 24.0 Å². The average molecular weight is 1730 g/mol. The van der Waals surface area contributed by atoms with Gasteiger partial charge in [0.15, 0.2) is 0 Å². The predicted molar refractivity (Wildman–Crippen MR) is 440 cm³/mol. The van der Waals surface area contributed by atoms with Crippen LogP contribution in [-0.4, -0.2) is 147 Å². The Morgan fingerprint density at radius 3 is 0.866 bits per heavy atom. The highest BCUT2D eigenvalue weighted by molar-refractivity contribution is 7.93. The monoisotopic (exact) mass is 1720 g/mol. The Morgan fingerprint density at radius 2 is 0.571 bits per heavy atom. The van der Waals surface area contributed by atoms with Crippen molar-refractivity contribution in [3.05, 3.63) is 279 Å². The summed E-state index contributed by atoms with van der Waals surface area (Å²) in [5.41, 5.74) is 23.8. The first-order valence-corrected chi connectivity index (χ1v) is 43.0. The molecule has 5 aliphatic rings. The number of nitrogens with zero attached hydrogens (tertiary/aromatic N) is 5. The van der Waals surface area contributed by atoms with E-state index in [0.29, 0.717) is 73.2 Å². The van der Waals surface area contributed by atoms with Crippen molar-refractivity contribution < 1.29 is 107 Å². The predicted octanol–water partition coefficient (Wildman–Crippen LogP) is 4.73. The van der Waals surface area contributed by atoms with E-state index in [9.17, 15) is 102 Å². The van der Waals surface area contributed by atoms with Crippen molar-refractivity contribution in [2.24, 2.45) is 5.73 Å². The number of phenolic OH excluding ortho intramolecular Hbond substituents is 7. The number of anilines is 6.